The Morgan fingerprint density at radius 2 is 2.06 bits per heavy atom. The molecule has 0 spiro atoms. The molecule has 1 rings (SSSR count). The SMILES string of the molecule is C=C(CCOC/C=C/c1ccccc1)OC(C)=O. The first-order valence-electron chi connectivity index (χ1n) is 5.84. The summed E-state index contributed by atoms with van der Waals surface area (Å²) in [5.41, 5.74) is 1.14. The van der Waals surface area contributed by atoms with Gasteiger partial charge in [-0.2, -0.15) is 0 Å². The van der Waals surface area contributed by atoms with Crippen molar-refractivity contribution in [2.45, 2.75) is 13.3 Å². The Bertz CT molecular complexity index is 407. The normalized spacial score (nSPS) is 10.5. The van der Waals surface area contributed by atoms with Crippen molar-refractivity contribution >= 4 is 12.0 Å². The summed E-state index contributed by atoms with van der Waals surface area (Å²) in [5, 5.41) is 0. The lowest BCUT2D eigenvalue weighted by atomic mass is 10.2. The number of rotatable bonds is 7. The molecule has 0 N–H and O–H groups in total. The van der Waals surface area contributed by atoms with E-state index in [0.29, 0.717) is 25.4 Å². The van der Waals surface area contributed by atoms with E-state index in [1.807, 2.05) is 42.5 Å². The summed E-state index contributed by atoms with van der Waals surface area (Å²) in [5.74, 6) is 0.0958. The molecule has 0 saturated heterocycles. The maximum Gasteiger partial charge on any atom is 0.307 e. The van der Waals surface area contributed by atoms with Crippen molar-refractivity contribution in [3.8, 4) is 0 Å². The molecule has 18 heavy (non-hydrogen) atoms. The monoisotopic (exact) mass is 246 g/mol. The van der Waals surface area contributed by atoms with Gasteiger partial charge < -0.3 is 9.47 Å². The third-order valence-electron chi connectivity index (χ3n) is 2.14. The van der Waals surface area contributed by atoms with Crippen LogP contribution in [0.3, 0.4) is 0 Å². The molecule has 0 fully saturated rings. The van der Waals surface area contributed by atoms with Gasteiger partial charge in [0.25, 0.3) is 0 Å². The van der Waals surface area contributed by atoms with Gasteiger partial charge in [-0.25, -0.2) is 0 Å². The highest BCUT2D eigenvalue weighted by atomic mass is 16.5. The summed E-state index contributed by atoms with van der Waals surface area (Å²) in [6, 6.07) is 10.0. The zero-order valence-electron chi connectivity index (χ0n) is 10.6. The van der Waals surface area contributed by atoms with Gasteiger partial charge in [-0.1, -0.05) is 49.1 Å². The summed E-state index contributed by atoms with van der Waals surface area (Å²) in [6.45, 7) is 6.00. The second-order valence-electron chi connectivity index (χ2n) is 3.77. The Morgan fingerprint density at radius 3 is 2.72 bits per heavy atom. The summed E-state index contributed by atoms with van der Waals surface area (Å²) in [7, 11) is 0. The lowest BCUT2D eigenvalue weighted by molar-refractivity contribution is -0.137. The number of esters is 1. The molecule has 3 heteroatoms. The van der Waals surface area contributed by atoms with Crippen LogP contribution in [0, 0.1) is 0 Å². The fraction of sp³-hybridized carbons (Fsp3) is 0.267. The van der Waals surface area contributed by atoms with Crippen molar-refractivity contribution < 1.29 is 14.3 Å². The Balaban J connectivity index is 2.10. The Labute approximate surface area is 108 Å². The first-order valence-corrected chi connectivity index (χ1v) is 5.84. The molecule has 1 aromatic rings. The van der Waals surface area contributed by atoms with Gasteiger partial charge in [0.1, 0.15) is 5.76 Å². The zero-order chi connectivity index (χ0) is 13.2. The van der Waals surface area contributed by atoms with Gasteiger partial charge in [0.2, 0.25) is 0 Å². The van der Waals surface area contributed by atoms with Gasteiger partial charge in [-0.15, -0.1) is 0 Å². The van der Waals surface area contributed by atoms with Crippen LogP contribution < -0.4 is 0 Å². The summed E-state index contributed by atoms with van der Waals surface area (Å²) in [6.07, 6.45) is 4.48. The van der Waals surface area contributed by atoms with Crippen LogP contribution in [0.15, 0.2) is 48.7 Å². The number of ether oxygens (including phenoxy) is 2. The number of hydrogen-bond donors (Lipinski definition) is 0. The van der Waals surface area contributed by atoms with Crippen molar-refractivity contribution in [2.24, 2.45) is 0 Å². The van der Waals surface area contributed by atoms with E-state index in [-0.39, 0.29) is 5.97 Å². The number of carbonyl (C=O) groups is 1. The van der Waals surface area contributed by atoms with E-state index in [0.717, 1.165) is 5.56 Å². The van der Waals surface area contributed by atoms with Gasteiger partial charge in [-0.3, -0.25) is 4.79 Å². The summed E-state index contributed by atoms with van der Waals surface area (Å²) < 4.78 is 10.2. The van der Waals surface area contributed by atoms with Crippen LogP contribution in [0.25, 0.3) is 6.08 Å². The van der Waals surface area contributed by atoms with Crippen molar-refractivity contribution in [3.05, 3.63) is 54.3 Å². The Kier molecular flexibility index (Phi) is 6.51. The topological polar surface area (TPSA) is 35.5 Å². The third-order valence-corrected chi connectivity index (χ3v) is 2.14. The van der Waals surface area contributed by atoms with E-state index in [1.165, 1.54) is 6.92 Å². The van der Waals surface area contributed by atoms with Crippen molar-refractivity contribution in [1.29, 1.82) is 0 Å². The van der Waals surface area contributed by atoms with Crippen LogP contribution in [0.2, 0.25) is 0 Å². The largest absolute Gasteiger partial charge is 0.432 e. The molecule has 0 unspecified atom stereocenters. The molecular formula is C15H18O3. The highest BCUT2D eigenvalue weighted by Crippen LogP contribution is 2.02. The first-order chi connectivity index (χ1) is 8.68. The second kappa shape index (κ2) is 8.25. The molecule has 0 aliphatic heterocycles. The Hall–Kier alpha value is -1.87. The van der Waals surface area contributed by atoms with Crippen LogP contribution >= 0.6 is 0 Å². The molecule has 3 nitrogen and oxygen atoms in total. The van der Waals surface area contributed by atoms with Crippen LogP contribution in [0.5, 0.6) is 0 Å². The second-order valence-corrected chi connectivity index (χ2v) is 3.77. The van der Waals surface area contributed by atoms with E-state index < -0.39 is 0 Å². The maximum absolute atomic E-state index is 10.6. The average Bonchev–Trinajstić information content (AvgIpc) is 2.34. The van der Waals surface area contributed by atoms with Gasteiger partial charge in [0.05, 0.1) is 13.2 Å². The van der Waals surface area contributed by atoms with Gasteiger partial charge in [0, 0.05) is 13.3 Å². The highest BCUT2D eigenvalue weighted by molar-refractivity contribution is 5.67. The van der Waals surface area contributed by atoms with E-state index in [4.69, 9.17) is 9.47 Å². The molecule has 0 aliphatic carbocycles. The van der Waals surface area contributed by atoms with Crippen LogP contribution in [0.4, 0.5) is 0 Å². The van der Waals surface area contributed by atoms with E-state index in [9.17, 15) is 4.79 Å². The highest BCUT2D eigenvalue weighted by Gasteiger charge is 1.98. The van der Waals surface area contributed by atoms with Crippen LogP contribution in [-0.4, -0.2) is 19.2 Å². The molecule has 0 amide bonds. The molecule has 0 atom stereocenters. The molecule has 0 aromatic heterocycles. The van der Waals surface area contributed by atoms with E-state index >= 15 is 0 Å². The van der Waals surface area contributed by atoms with E-state index in [2.05, 4.69) is 6.58 Å². The maximum atomic E-state index is 10.6. The number of carbonyl (C=O) groups excluding carboxylic acids is 1. The molecule has 0 bridgehead atoms. The zero-order valence-corrected chi connectivity index (χ0v) is 10.6. The van der Waals surface area contributed by atoms with Crippen molar-refractivity contribution in [2.75, 3.05) is 13.2 Å². The summed E-state index contributed by atoms with van der Waals surface area (Å²) >= 11 is 0. The van der Waals surface area contributed by atoms with Crippen molar-refractivity contribution in [3.63, 3.8) is 0 Å². The van der Waals surface area contributed by atoms with E-state index in [1.54, 1.807) is 0 Å². The predicted octanol–water partition coefficient (Wildman–Crippen LogP) is 3.18. The molecule has 1 aromatic carbocycles. The number of hydrogen-bond acceptors (Lipinski definition) is 3. The fourth-order valence-corrected chi connectivity index (χ4v) is 1.34. The molecule has 96 valence electrons. The molecule has 0 aliphatic rings. The van der Waals surface area contributed by atoms with Crippen LogP contribution in [0.1, 0.15) is 18.9 Å². The quantitative estimate of drug-likeness (QED) is 0.421. The Morgan fingerprint density at radius 1 is 1.33 bits per heavy atom. The summed E-state index contributed by atoms with van der Waals surface area (Å²) in [4.78, 5) is 10.6. The lowest BCUT2D eigenvalue weighted by Gasteiger charge is -2.04. The minimum atomic E-state index is -0.344. The smallest absolute Gasteiger partial charge is 0.307 e. The predicted molar refractivity (Wildman–Crippen MR) is 71.8 cm³/mol. The fourth-order valence-electron chi connectivity index (χ4n) is 1.34. The van der Waals surface area contributed by atoms with Gasteiger partial charge >= 0.3 is 5.97 Å². The lowest BCUT2D eigenvalue weighted by Crippen LogP contribution is -2.02. The van der Waals surface area contributed by atoms with Crippen LogP contribution in [-0.2, 0) is 14.3 Å². The average molecular weight is 246 g/mol. The minimum absolute atomic E-state index is 0.344. The first kappa shape index (κ1) is 14.2. The molecule has 0 saturated carbocycles. The molecule has 0 heterocycles. The van der Waals surface area contributed by atoms with Crippen molar-refractivity contribution in [1.82, 2.24) is 0 Å². The number of benzene rings is 1. The standard InChI is InChI=1S/C15H18O3/c1-13(18-14(2)16)10-12-17-11-6-9-15-7-4-3-5-8-15/h3-9H,1,10-12H2,2H3/b9-6+. The molecule has 0 radical (unpaired) electrons. The van der Waals surface area contributed by atoms with Gasteiger partial charge in [0.15, 0.2) is 0 Å². The molecular weight excluding hydrogens is 228 g/mol. The van der Waals surface area contributed by atoms with Gasteiger partial charge in [-0.05, 0) is 5.56 Å². The minimum Gasteiger partial charge on any atom is -0.432 e. The third kappa shape index (κ3) is 6.66.